The van der Waals surface area contributed by atoms with Crippen LogP contribution in [0.3, 0.4) is 0 Å². The van der Waals surface area contributed by atoms with Gasteiger partial charge >= 0.3 is 0 Å². The van der Waals surface area contributed by atoms with Gasteiger partial charge in [0.1, 0.15) is 0 Å². The van der Waals surface area contributed by atoms with Crippen molar-refractivity contribution in [1.29, 1.82) is 0 Å². The first-order valence-electron chi connectivity index (χ1n) is 6.09. The van der Waals surface area contributed by atoms with Crippen LogP contribution in [0.15, 0.2) is 42.5 Å². The number of aromatic nitrogens is 1. The SMILES string of the molecule is Cc1cc([C]2[CH][CH][CH][CH]2)cc(-c2ccccc2)n1. The number of rotatable bonds is 2. The molecule has 0 aliphatic heterocycles. The molecule has 3 rings (SSSR count). The van der Waals surface area contributed by atoms with Gasteiger partial charge in [-0.1, -0.05) is 30.3 Å². The van der Waals surface area contributed by atoms with Crippen LogP contribution in [-0.2, 0) is 0 Å². The zero-order valence-electron chi connectivity index (χ0n) is 10.3. The third-order valence-corrected chi connectivity index (χ3v) is 3.02. The van der Waals surface area contributed by atoms with Crippen molar-refractivity contribution in [3.05, 3.63) is 85.3 Å². The second-order valence-corrected chi connectivity index (χ2v) is 4.42. The van der Waals surface area contributed by atoms with Crippen molar-refractivity contribution in [3.63, 3.8) is 0 Å². The number of pyridine rings is 1. The fourth-order valence-corrected chi connectivity index (χ4v) is 2.16. The summed E-state index contributed by atoms with van der Waals surface area (Å²) >= 11 is 0. The molecular weight excluding hydrogens is 218 g/mol. The predicted octanol–water partition coefficient (Wildman–Crippen LogP) is 3.81. The van der Waals surface area contributed by atoms with E-state index in [1.807, 2.05) is 25.1 Å². The fraction of sp³-hybridized carbons (Fsp3) is 0.0588. The minimum absolute atomic E-state index is 1.03. The van der Waals surface area contributed by atoms with E-state index in [1.54, 1.807) is 0 Å². The molecule has 1 aromatic heterocycles. The Kier molecular flexibility index (Phi) is 3.14. The zero-order valence-corrected chi connectivity index (χ0v) is 10.3. The lowest BCUT2D eigenvalue weighted by molar-refractivity contribution is 1.16. The molecule has 5 radical (unpaired) electrons. The van der Waals surface area contributed by atoms with Crippen molar-refractivity contribution in [3.8, 4) is 11.3 Å². The molecule has 1 aliphatic rings. The maximum absolute atomic E-state index is 4.61. The maximum Gasteiger partial charge on any atom is 0.0708 e. The molecule has 2 aromatic rings. The Bertz CT molecular complexity index is 525. The molecule has 1 saturated carbocycles. The van der Waals surface area contributed by atoms with Gasteiger partial charge in [-0.3, -0.25) is 4.98 Å². The van der Waals surface area contributed by atoms with E-state index in [1.165, 1.54) is 11.5 Å². The monoisotopic (exact) mass is 232 g/mol. The molecule has 1 nitrogen and oxygen atoms in total. The van der Waals surface area contributed by atoms with Gasteiger partial charge in [0.15, 0.2) is 0 Å². The minimum Gasteiger partial charge on any atom is -0.253 e. The lowest BCUT2D eigenvalue weighted by Crippen LogP contribution is -1.98. The Morgan fingerprint density at radius 1 is 0.833 bits per heavy atom. The van der Waals surface area contributed by atoms with Gasteiger partial charge < -0.3 is 0 Å². The molecule has 1 heteroatoms. The minimum atomic E-state index is 1.03. The molecule has 1 fully saturated rings. The summed E-state index contributed by atoms with van der Waals surface area (Å²) in [6, 6.07) is 14.6. The second-order valence-electron chi connectivity index (χ2n) is 4.42. The highest BCUT2D eigenvalue weighted by molar-refractivity contribution is 5.63. The van der Waals surface area contributed by atoms with Crippen LogP contribution in [-0.4, -0.2) is 4.98 Å². The third kappa shape index (κ3) is 2.31. The highest BCUT2D eigenvalue weighted by atomic mass is 14.7. The van der Waals surface area contributed by atoms with Gasteiger partial charge in [0, 0.05) is 17.2 Å². The number of hydrogen-bond acceptors (Lipinski definition) is 1. The fourth-order valence-electron chi connectivity index (χ4n) is 2.16. The molecular formula is C17H14N. The lowest BCUT2D eigenvalue weighted by atomic mass is 9.96. The predicted molar refractivity (Wildman–Crippen MR) is 74.0 cm³/mol. The first-order chi connectivity index (χ1) is 8.83. The quantitative estimate of drug-likeness (QED) is 0.767. The molecule has 0 saturated heterocycles. The molecule has 0 spiro atoms. The van der Waals surface area contributed by atoms with Crippen molar-refractivity contribution in [1.82, 2.24) is 4.98 Å². The van der Waals surface area contributed by atoms with Crippen molar-refractivity contribution >= 4 is 0 Å². The van der Waals surface area contributed by atoms with Crippen molar-refractivity contribution in [2.45, 2.75) is 6.92 Å². The summed E-state index contributed by atoms with van der Waals surface area (Å²) in [5.74, 6) is 1.25. The van der Waals surface area contributed by atoms with E-state index in [-0.39, 0.29) is 0 Å². The molecule has 0 bridgehead atoms. The molecule has 1 aliphatic carbocycles. The van der Waals surface area contributed by atoms with E-state index < -0.39 is 0 Å². The summed E-state index contributed by atoms with van der Waals surface area (Å²) in [5, 5.41) is 0. The van der Waals surface area contributed by atoms with Crippen LogP contribution in [0.25, 0.3) is 11.3 Å². The van der Waals surface area contributed by atoms with Gasteiger partial charge in [-0.05, 0) is 50.3 Å². The summed E-state index contributed by atoms with van der Waals surface area (Å²) in [6.45, 7) is 2.04. The average Bonchev–Trinajstić information content (AvgIpc) is 2.93. The topological polar surface area (TPSA) is 12.9 Å². The molecule has 18 heavy (non-hydrogen) atoms. The van der Waals surface area contributed by atoms with Crippen molar-refractivity contribution < 1.29 is 0 Å². The van der Waals surface area contributed by atoms with Gasteiger partial charge in [-0.15, -0.1) is 0 Å². The Balaban J connectivity index is 2.00. The first kappa shape index (κ1) is 11.5. The van der Waals surface area contributed by atoms with E-state index >= 15 is 0 Å². The van der Waals surface area contributed by atoms with Crippen LogP contribution in [0.2, 0.25) is 0 Å². The maximum atomic E-state index is 4.61. The van der Waals surface area contributed by atoms with Gasteiger partial charge in [0.2, 0.25) is 0 Å². The Morgan fingerprint density at radius 3 is 2.28 bits per heavy atom. The smallest absolute Gasteiger partial charge is 0.0708 e. The van der Waals surface area contributed by atoms with Crippen LogP contribution in [0.5, 0.6) is 0 Å². The Labute approximate surface area is 109 Å². The van der Waals surface area contributed by atoms with E-state index in [2.05, 4.69) is 54.9 Å². The summed E-state index contributed by atoms with van der Waals surface area (Å²) in [5.41, 5.74) is 4.47. The highest BCUT2D eigenvalue weighted by Crippen LogP contribution is 2.32. The number of aryl methyl sites for hydroxylation is 1. The standard InChI is InChI=1S/C17H14N/c1-13-11-16(14-7-5-6-8-14)12-17(18-13)15-9-3-2-4-10-15/h2-12H,1H3. The van der Waals surface area contributed by atoms with Crippen molar-refractivity contribution in [2.75, 3.05) is 0 Å². The molecule has 0 amide bonds. The van der Waals surface area contributed by atoms with E-state index in [0.717, 1.165) is 17.0 Å². The average molecular weight is 232 g/mol. The lowest BCUT2D eigenvalue weighted by Gasteiger charge is -2.11. The number of hydrogen-bond donors (Lipinski definition) is 0. The third-order valence-electron chi connectivity index (χ3n) is 3.02. The zero-order chi connectivity index (χ0) is 12.4. The van der Waals surface area contributed by atoms with Crippen LogP contribution >= 0.6 is 0 Å². The van der Waals surface area contributed by atoms with E-state index in [0.29, 0.717) is 0 Å². The van der Waals surface area contributed by atoms with Crippen LogP contribution in [0, 0.1) is 38.5 Å². The van der Waals surface area contributed by atoms with Crippen LogP contribution in [0.1, 0.15) is 11.3 Å². The molecule has 1 heterocycles. The normalized spacial score (nSPS) is 16.1. The summed E-state index contributed by atoms with van der Waals surface area (Å²) in [6.07, 6.45) is 8.38. The van der Waals surface area contributed by atoms with Crippen molar-refractivity contribution in [2.24, 2.45) is 0 Å². The van der Waals surface area contributed by atoms with Crippen LogP contribution < -0.4 is 0 Å². The first-order valence-corrected chi connectivity index (χ1v) is 6.09. The van der Waals surface area contributed by atoms with Gasteiger partial charge in [-0.2, -0.15) is 0 Å². The molecule has 0 atom stereocenters. The molecule has 1 aromatic carbocycles. The second kappa shape index (κ2) is 4.93. The number of benzene rings is 1. The highest BCUT2D eigenvalue weighted by Gasteiger charge is 2.19. The molecule has 0 N–H and O–H groups in total. The van der Waals surface area contributed by atoms with Gasteiger partial charge in [0.05, 0.1) is 5.69 Å². The molecule has 0 unspecified atom stereocenters. The van der Waals surface area contributed by atoms with Gasteiger partial charge in [0.25, 0.3) is 0 Å². The summed E-state index contributed by atoms with van der Waals surface area (Å²) < 4.78 is 0. The number of nitrogens with zero attached hydrogens (tertiary/aromatic N) is 1. The largest absolute Gasteiger partial charge is 0.253 e. The van der Waals surface area contributed by atoms with E-state index in [4.69, 9.17) is 0 Å². The Morgan fingerprint density at radius 2 is 1.56 bits per heavy atom. The summed E-state index contributed by atoms with van der Waals surface area (Å²) in [4.78, 5) is 4.61. The van der Waals surface area contributed by atoms with E-state index in [9.17, 15) is 0 Å². The van der Waals surface area contributed by atoms with Crippen LogP contribution in [0.4, 0.5) is 0 Å². The molecule has 87 valence electrons. The van der Waals surface area contributed by atoms with Gasteiger partial charge in [-0.25, -0.2) is 0 Å². The summed E-state index contributed by atoms with van der Waals surface area (Å²) in [7, 11) is 0. The Hall–Kier alpha value is -1.63.